The largest absolute Gasteiger partial charge is 0.456 e. The lowest BCUT2D eigenvalue weighted by molar-refractivity contribution is 0.669. The summed E-state index contributed by atoms with van der Waals surface area (Å²) in [6.07, 6.45) is 3.08. The molecule has 45 heavy (non-hydrogen) atoms. The van der Waals surface area contributed by atoms with Crippen molar-refractivity contribution in [2.24, 2.45) is 0 Å². The third-order valence-electron chi connectivity index (χ3n) is 8.78. The van der Waals surface area contributed by atoms with E-state index >= 15 is 0 Å². The molecule has 7 heteroatoms. The molecular weight excluding hydrogens is 556 g/mol. The van der Waals surface area contributed by atoms with E-state index in [0.29, 0.717) is 5.95 Å². The highest BCUT2D eigenvalue weighted by molar-refractivity contribution is 6.19. The van der Waals surface area contributed by atoms with Crippen LogP contribution in [0.3, 0.4) is 0 Å². The van der Waals surface area contributed by atoms with Crippen LogP contribution >= 0.6 is 0 Å². The first-order chi connectivity index (χ1) is 22.3. The maximum absolute atomic E-state index is 6.08. The Morgan fingerprint density at radius 2 is 1.13 bits per heavy atom. The third kappa shape index (κ3) is 3.46. The Balaban J connectivity index is 1.25. The van der Waals surface area contributed by atoms with E-state index in [9.17, 15) is 0 Å². The molecule has 0 aliphatic carbocycles. The first-order valence-electron chi connectivity index (χ1n) is 14.8. The average molecular weight is 579 g/mol. The van der Waals surface area contributed by atoms with Gasteiger partial charge in [0.15, 0.2) is 0 Å². The molecule has 0 saturated heterocycles. The molecule has 7 nitrogen and oxygen atoms in total. The fourth-order valence-corrected chi connectivity index (χ4v) is 6.84. The van der Waals surface area contributed by atoms with Crippen LogP contribution in [0.1, 0.15) is 0 Å². The molecule has 5 heterocycles. The zero-order chi connectivity index (χ0) is 29.5. The fraction of sp³-hybridized carbons (Fsp3) is 0. The Morgan fingerprint density at radius 1 is 0.467 bits per heavy atom. The molecule has 5 aromatic carbocycles. The van der Waals surface area contributed by atoms with E-state index in [2.05, 4.69) is 115 Å². The zero-order valence-electron chi connectivity index (χ0n) is 23.8. The SMILES string of the molecule is c1cc(-c2ccc3oc4ccccc4c3c2)nc(-n2c3ccccc3c3cc4c5ccccc5n(-c5ncncn5)c4cc32)c1. The van der Waals surface area contributed by atoms with E-state index in [0.717, 1.165) is 77.2 Å². The number of furan rings is 1. The van der Waals surface area contributed by atoms with Crippen LogP contribution in [0.2, 0.25) is 0 Å². The number of para-hydroxylation sites is 3. The molecule has 10 rings (SSSR count). The summed E-state index contributed by atoms with van der Waals surface area (Å²) in [5.41, 5.74) is 7.91. The summed E-state index contributed by atoms with van der Waals surface area (Å²) in [6.45, 7) is 0. The molecule has 0 amide bonds. The van der Waals surface area contributed by atoms with E-state index in [4.69, 9.17) is 9.40 Å². The normalized spacial score (nSPS) is 12.0. The predicted molar refractivity (Wildman–Crippen MR) is 179 cm³/mol. The van der Waals surface area contributed by atoms with Crippen molar-refractivity contribution in [3.05, 3.63) is 134 Å². The summed E-state index contributed by atoms with van der Waals surface area (Å²) < 4.78 is 10.5. The van der Waals surface area contributed by atoms with Crippen LogP contribution in [-0.2, 0) is 0 Å². The van der Waals surface area contributed by atoms with Gasteiger partial charge in [-0.2, -0.15) is 0 Å². The predicted octanol–water partition coefficient (Wildman–Crippen LogP) is 9.03. The van der Waals surface area contributed by atoms with Crippen molar-refractivity contribution in [1.82, 2.24) is 29.1 Å². The molecule has 0 atom stereocenters. The summed E-state index contributed by atoms with van der Waals surface area (Å²) >= 11 is 0. The lowest BCUT2D eigenvalue weighted by Gasteiger charge is -2.10. The maximum Gasteiger partial charge on any atom is 0.237 e. The summed E-state index contributed by atoms with van der Waals surface area (Å²) in [5.74, 6) is 1.43. The Morgan fingerprint density at radius 3 is 1.93 bits per heavy atom. The van der Waals surface area contributed by atoms with Crippen molar-refractivity contribution in [3.63, 3.8) is 0 Å². The minimum absolute atomic E-state index is 0.584. The monoisotopic (exact) mass is 578 g/mol. The molecule has 0 bridgehead atoms. The van der Waals surface area contributed by atoms with Crippen LogP contribution in [0.4, 0.5) is 0 Å². The van der Waals surface area contributed by atoms with Crippen LogP contribution in [0.25, 0.3) is 88.6 Å². The molecule has 0 N–H and O–H groups in total. The lowest BCUT2D eigenvalue weighted by atomic mass is 10.1. The summed E-state index contributed by atoms with van der Waals surface area (Å²) in [5, 5.41) is 6.81. The van der Waals surface area contributed by atoms with Crippen molar-refractivity contribution in [3.8, 4) is 23.0 Å². The highest BCUT2D eigenvalue weighted by Gasteiger charge is 2.20. The van der Waals surface area contributed by atoms with Crippen molar-refractivity contribution >= 4 is 65.6 Å². The van der Waals surface area contributed by atoms with Gasteiger partial charge in [0.25, 0.3) is 0 Å². The number of benzene rings is 5. The van der Waals surface area contributed by atoms with Gasteiger partial charge in [-0.3, -0.25) is 9.13 Å². The third-order valence-corrected chi connectivity index (χ3v) is 8.78. The number of hydrogen-bond acceptors (Lipinski definition) is 5. The standard InChI is InChI=1S/C38H22N6O/c1-4-12-31-24(8-1)27-19-28-25-9-2-5-13-32(25)44(38-40-21-39-22-41-38)34(28)20-33(27)43(31)37-15-7-11-30(42-37)23-16-17-36-29(18-23)26-10-3-6-14-35(26)45-36/h1-22H. The van der Waals surface area contributed by atoms with Crippen molar-refractivity contribution in [2.75, 3.05) is 0 Å². The van der Waals surface area contributed by atoms with E-state index in [-0.39, 0.29) is 0 Å². The van der Waals surface area contributed by atoms with Gasteiger partial charge in [0.2, 0.25) is 5.95 Å². The van der Waals surface area contributed by atoms with E-state index in [1.807, 2.05) is 30.3 Å². The molecular formula is C38H22N6O. The van der Waals surface area contributed by atoms with Crippen LogP contribution in [0, 0.1) is 0 Å². The molecule has 0 unspecified atom stereocenters. The molecule has 10 aromatic rings. The Hall–Kier alpha value is -6.34. The first-order valence-corrected chi connectivity index (χ1v) is 14.8. The molecule has 5 aromatic heterocycles. The Labute approximate surface area is 255 Å². The number of fused-ring (bicyclic) bond motifs is 9. The second-order valence-electron chi connectivity index (χ2n) is 11.2. The van der Waals surface area contributed by atoms with Gasteiger partial charge in [0.05, 0.1) is 27.8 Å². The number of nitrogens with zero attached hydrogens (tertiary/aromatic N) is 6. The summed E-state index contributed by atoms with van der Waals surface area (Å²) in [6, 6.07) is 42.1. The van der Waals surface area contributed by atoms with Crippen LogP contribution in [-0.4, -0.2) is 29.1 Å². The number of aromatic nitrogens is 6. The molecule has 0 aliphatic rings. The summed E-state index contributed by atoms with van der Waals surface area (Å²) in [7, 11) is 0. The van der Waals surface area contributed by atoms with E-state index < -0.39 is 0 Å². The van der Waals surface area contributed by atoms with Gasteiger partial charge in [0.1, 0.15) is 29.6 Å². The quantitative estimate of drug-likeness (QED) is 0.209. The van der Waals surface area contributed by atoms with Crippen molar-refractivity contribution < 1.29 is 4.42 Å². The van der Waals surface area contributed by atoms with Gasteiger partial charge in [-0.1, -0.05) is 60.7 Å². The number of pyridine rings is 1. The van der Waals surface area contributed by atoms with Gasteiger partial charge in [0, 0.05) is 37.9 Å². The second kappa shape index (κ2) is 9.08. The van der Waals surface area contributed by atoms with E-state index in [1.165, 1.54) is 18.0 Å². The highest BCUT2D eigenvalue weighted by atomic mass is 16.3. The number of hydrogen-bond donors (Lipinski definition) is 0. The molecule has 0 aliphatic heterocycles. The maximum atomic E-state index is 6.08. The Bertz CT molecular complexity index is 2770. The van der Waals surface area contributed by atoms with Gasteiger partial charge < -0.3 is 4.42 Å². The van der Waals surface area contributed by atoms with Gasteiger partial charge in [-0.15, -0.1) is 0 Å². The van der Waals surface area contributed by atoms with Crippen molar-refractivity contribution in [2.45, 2.75) is 0 Å². The molecule has 0 fully saturated rings. The van der Waals surface area contributed by atoms with Crippen LogP contribution in [0.15, 0.2) is 138 Å². The average Bonchev–Trinajstić information content (AvgIpc) is 3.75. The highest BCUT2D eigenvalue weighted by Crippen LogP contribution is 2.39. The number of rotatable bonds is 3. The summed E-state index contributed by atoms with van der Waals surface area (Å²) in [4.78, 5) is 18.4. The van der Waals surface area contributed by atoms with Gasteiger partial charge in [-0.25, -0.2) is 19.9 Å². The van der Waals surface area contributed by atoms with Crippen LogP contribution in [0.5, 0.6) is 0 Å². The van der Waals surface area contributed by atoms with Crippen molar-refractivity contribution in [1.29, 1.82) is 0 Å². The van der Waals surface area contributed by atoms with Crippen LogP contribution < -0.4 is 0 Å². The first kappa shape index (κ1) is 24.1. The zero-order valence-corrected chi connectivity index (χ0v) is 23.8. The Kier molecular flexibility index (Phi) is 4.87. The van der Waals surface area contributed by atoms with Gasteiger partial charge in [-0.05, 0) is 60.7 Å². The minimum Gasteiger partial charge on any atom is -0.456 e. The fourth-order valence-electron chi connectivity index (χ4n) is 6.84. The smallest absolute Gasteiger partial charge is 0.237 e. The molecule has 0 radical (unpaired) electrons. The second-order valence-corrected chi connectivity index (χ2v) is 11.2. The lowest BCUT2D eigenvalue weighted by Crippen LogP contribution is -2.01. The minimum atomic E-state index is 0.584. The van der Waals surface area contributed by atoms with E-state index in [1.54, 1.807) is 0 Å². The van der Waals surface area contributed by atoms with Gasteiger partial charge >= 0.3 is 0 Å². The molecule has 0 spiro atoms. The topological polar surface area (TPSA) is 74.6 Å². The molecule has 210 valence electrons. The molecule has 0 saturated carbocycles.